The molecule has 0 unspecified atom stereocenters. The summed E-state index contributed by atoms with van der Waals surface area (Å²) < 4.78 is 8.24. The maximum atomic E-state index is 12.8. The summed E-state index contributed by atoms with van der Waals surface area (Å²) >= 11 is 0. The van der Waals surface area contributed by atoms with E-state index in [-0.39, 0.29) is 11.5 Å². The maximum Gasteiger partial charge on any atom is 0.224 e. The molecule has 4 heterocycles. The van der Waals surface area contributed by atoms with Crippen LogP contribution in [-0.2, 0) is 22.6 Å². The van der Waals surface area contributed by atoms with E-state index in [1.807, 2.05) is 40.9 Å². The number of nitrogens with zero attached hydrogens (tertiary/aromatic N) is 5. The molecule has 0 aromatic carbocycles. The molecule has 2 aromatic heterocycles. The van der Waals surface area contributed by atoms with Crippen molar-refractivity contribution in [3.05, 3.63) is 48.3 Å². The number of carbonyl (C=O) groups excluding carboxylic acids is 1. The molecule has 1 spiro atoms. The van der Waals surface area contributed by atoms with E-state index in [1.54, 1.807) is 6.20 Å². The Labute approximate surface area is 166 Å². The number of aryl methyl sites for hydroxylation is 2. The SMILES string of the molecule is Cc1nccn1CCC(=O)N1CCOC2(CCN(Cc3ccccn3)CC2)C1. The number of rotatable bonds is 5. The second-order valence-corrected chi connectivity index (χ2v) is 7.86. The molecule has 0 saturated carbocycles. The van der Waals surface area contributed by atoms with Gasteiger partial charge < -0.3 is 14.2 Å². The molecule has 2 aliphatic heterocycles. The highest BCUT2D eigenvalue weighted by atomic mass is 16.5. The normalized spacial score (nSPS) is 19.8. The van der Waals surface area contributed by atoms with Crippen LogP contribution in [0, 0.1) is 6.92 Å². The van der Waals surface area contributed by atoms with E-state index in [9.17, 15) is 4.79 Å². The lowest BCUT2D eigenvalue weighted by molar-refractivity contribution is -0.160. The first kappa shape index (κ1) is 19.1. The van der Waals surface area contributed by atoms with Crippen LogP contribution in [0.5, 0.6) is 0 Å². The van der Waals surface area contributed by atoms with Crippen LogP contribution in [0.1, 0.15) is 30.8 Å². The molecule has 28 heavy (non-hydrogen) atoms. The third-order valence-electron chi connectivity index (χ3n) is 5.97. The van der Waals surface area contributed by atoms with E-state index in [1.165, 1.54) is 0 Å². The number of hydrogen-bond acceptors (Lipinski definition) is 5. The summed E-state index contributed by atoms with van der Waals surface area (Å²) in [5.74, 6) is 1.17. The highest BCUT2D eigenvalue weighted by molar-refractivity contribution is 5.76. The number of hydrogen-bond donors (Lipinski definition) is 0. The van der Waals surface area contributed by atoms with Crippen LogP contribution in [-0.4, -0.2) is 68.6 Å². The van der Waals surface area contributed by atoms with Gasteiger partial charge in [-0.2, -0.15) is 0 Å². The fourth-order valence-corrected chi connectivity index (χ4v) is 4.21. The number of ether oxygens (including phenoxy) is 1. The lowest BCUT2D eigenvalue weighted by Gasteiger charge is -2.47. The van der Waals surface area contributed by atoms with Crippen LogP contribution in [0.15, 0.2) is 36.8 Å². The molecule has 7 heteroatoms. The number of pyridine rings is 1. The smallest absolute Gasteiger partial charge is 0.224 e. The molecule has 7 nitrogen and oxygen atoms in total. The minimum Gasteiger partial charge on any atom is -0.371 e. The van der Waals surface area contributed by atoms with Gasteiger partial charge in [-0.25, -0.2) is 4.98 Å². The van der Waals surface area contributed by atoms with Gasteiger partial charge in [0, 0.05) is 64.3 Å². The van der Waals surface area contributed by atoms with Crippen molar-refractivity contribution in [3.8, 4) is 0 Å². The molecule has 4 rings (SSSR count). The van der Waals surface area contributed by atoms with Crippen LogP contribution >= 0.6 is 0 Å². The van der Waals surface area contributed by atoms with Gasteiger partial charge in [0.25, 0.3) is 0 Å². The van der Waals surface area contributed by atoms with Crippen LogP contribution in [0.4, 0.5) is 0 Å². The third-order valence-corrected chi connectivity index (χ3v) is 5.97. The van der Waals surface area contributed by atoms with Crippen molar-refractivity contribution >= 4 is 5.91 Å². The molecule has 0 atom stereocenters. The molecule has 2 aliphatic rings. The lowest BCUT2D eigenvalue weighted by Crippen LogP contribution is -2.58. The van der Waals surface area contributed by atoms with E-state index >= 15 is 0 Å². The Balaban J connectivity index is 1.28. The summed E-state index contributed by atoms with van der Waals surface area (Å²) in [4.78, 5) is 25.8. The Kier molecular flexibility index (Phi) is 5.73. The monoisotopic (exact) mass is 383 g/mol. The first-order chi connectivity index (χ1) is 13.6. The number of piperidine rings is 1. The summed E-state index contributed by atoms with van der Waals surface area (Å²) in [7, 11) is 0. The van der Waals surface area contributed by atoms with Crippen molar-refractivity contribution < 1.29 is 9.53 Å². The molecule has 2 fully saturated rings. The van der Waals surface area contributed by atoms with Gasteiger partial charge in [0.05, 0.1) is 17.9 Å². The fourth-order valence-electron chi connectivity index (χ4n) is 4.21. The molecular formula is C21H29N5O2. The first-order valence-corrected chi connectivity index (χ1v) is 10.2. The molecule has 0 N–H and O–H groups in total. The average molecular weight is 383 g/mol. The van der Waals surface area contributed by atoms with E-state index in [4.69, 9.17) is 4.74 Å². The van der Waals surface area contributed by atoms with Gasteiger partial charge in [0.2, 0.25) is 5.91 Å². The number of imidazole rings is 1. The molecular weight excluding hydrogens is 354 g/mol. The van der Waals surface area contributed by atoms with Crippen LogP contribution < -0.4 is 0 Å². The number of aromatic nitrogens is 3. The molecule has 150 valence electrons. The van der Waals surface area contributed by atoms with Gasteiger partial charge >= 0.3 is 0 Å². The van der Waals surface area contributed by atoms with Crippen molar-refractivity contribution in [1.29, 1.82) is 0 Å². The predicted octanol–water partition coefficient (Wildman–Crippen LogP) is 1.87. The predicted molar refractivity (Wildman–Crippen MR) is 106 cm³/mol. The van der Waals surface area contributed by atoms with Gasteiger partial charge in [-0.1, -0.05) is 6.07 Å². The second-order valence-electron chi connectivity index (χ2n) is 7.86. The first-order valence-electron chi connectivity index (χ1n) is 10.2. The van der Waals surface area contributed by atoms with Crippen molar-refractivity contribution in [1.82, 2.24) is 24.3 Å². The molecule has 2 aromatic rings. The number of morpholine rings is 1. The van der Waals surface area contributed by atoms with E-state index in [0.717, 1.165) is 44.0 Å². The van der Waals surface area contributed by atoms with E-state index in [2.05, 4.69) is 20.9 Å². The summed E-state index contributed by atoms with van der Waals surface area (Å²) in [6.45, 7) is 7.53. The van der Waals surface area contributed by atoms with Gasteiger partial charge in [0.1, 0.15) is 5.82 Å². The Morgan fingerprint density at radius 2 is 2.04 bits per heavy atom. The zero-order valence-corrected chi connectivity index (χ0v) is 16.6. The zero-order chi connectivity index (χ0) is 19.4. The summed E-state index contributed by atoms with van der Waals surface area (Å²) in [6.07, 6.45) is 8.00. The Morgan fingerprint density at radius 1 is 1.18 bits per heavy atom. The lowest BCUT2D eigenvalue weighted by atomic mass is 9.89. The quantitative estimate of drug-likeness (QED) is 0.789. The summed E-state index contributed by atoms with van der Waals surface area (Å²) in [5, 5.41) is 0. The Hall–Kier alpha value is -2.25. The largest absolute Gasteiger partial charge is 0.371 e. The zero-order valence-electron chi connectivity index (χ0n) is 16.6. The van der Waals surface area contributed by atoms with Crippen molar-refractivity contribution in [3.63, 3.8) is 0 Å². The van der Waals surface area contributed by atoms with E-state index < -0.39 is 0 Å². The maximum absolute atomic E-state index is 12.8. The highest BCUT2D eigenvalue weighted by Crippen LogP contribution is 2.31. The van der Waals surface area contributed by atoms with Crippen molar-refractivity contribution in [2.45, 2.75) is 44.9 Å². The fraction of sp³-hybridized carbons (Fsp3) is 0.571. The minimum atomic E-state index is -0.181. The van der Waals surface area contributed by atoms with Crippen molar-refractivity contribution in [2.24, 2.45) is 0 Å². The second kappa shape index (κ2) is 8.41. The molecule has 0 aliphatic carbocycles. The number of amides is 1. The summed E-state index contributed by atoms with van der Waals surface area (Å²) in [6, 6.07) is 6.06. The topological polar surface area (TPSA) is 63.5 Å². The third kappa shape index (κ3) is 4.42. The van der Waals surface area contributed by atoms with E-state index in [0.29, 0.717) is 32.7 Å². The van der Waals surface area contributed by atoms with Crippen LogP contribution in [0.2, 0.25) is 0 Å². The Bertz CT molecular complexity index is 783. The molecule has 0 radical (unpaired) electrons. The molecule has 1 amide bonds. The van der Waals surface area contributed by atoms with Crippen LogP contribution in [0.3, 0.4) is 0 Å². The minimum absolute atomic E-state index is 0.181. The van der Waals surface area contributed by atoms with Gasteiger partial charge in [-0.15, -0.1) is 0 Å². The average Bonchev–Trinajstić information content (AvgIpc) is 3.14. The standard InChI is InChI=1S/C21H29N5O2/c1-18-22-9-13-25(18)10-5-20(27)26-14-15-28-21(17-26)6-11-24(12-7-21)16-19-4-2-3-8-23-19/h2-4,8-9,13H,5-7,10-12,14-17H2,1H3. The number of likely N-dealkylation sites (tertiary alicyclic amines) is 1. The number of carbonyl (C=O) groups is 1. The molecule has 0 bridgehead atoms. The van der Waals surface area contributed by atoms with Gasteiger partial charge in [-0.3, -0.25) is 14.7 Å². The van der Waals surface area contributed by atoms with Crippen LogP contribution in [0.25, 0.3) is 0 Å². The highest BCUT2D eigenvalue weighted by Gasteiger charge is 2.40. The van der Waals surface area contributed by atoms with Gasteiger partial charge in [0.15, 0.2) is 0 Å². The summed E-state index contributed by atoms with van der Waals surface area (Å²) in [5.41, 5.74) is 0.925. The van der Waals surface area contributed by atoms with Crippen molar-refractivity contribution in [2.75, 3.05) is 32.8 Å². The molecule has 2 saturated heterocycles. The Morgan fingerprint density at radius 3 is 2.75 bits per heavy atom. The van der Waals surface area contributed by atoms with Gasteiger partial charge in [-0.05, 0) is 31.9 Å².